The van der Waals surface area contributed by atoms with Crippen LogP contribution in [0.5, 0.6) is 0 Å². The van der Waals surface area contributed by atoms with E-state index in [1.165, 1.54) is 0 Å². The zero-order valence-corrected chi connectivity index (χ0v) is 12.2. The van der Waals surface area contributed by atoms with Gasteiger partial charge in [-0.2, -0.15) is 10.1 Å². The van der Waals surface area contributed by atoms with E-state index in [0.717, 1.165) is 35.7 Å². The Bertz CT molecular complexity index is 557. The van der Waals surface area contributed by atoms with Gasteiger partial charge in [-0.05, 0) is 34.7 Å². The summed E-state index contributed by atoms with van der Waals surface area (Å²) in [5, 5.41) is 11.7. The van der Waals surface area contributed by atoms with E-state index in [2.05, 4.69) is 34.4 Å². The second kappa shape index (κ2) is 5.52. The van der Waals surface area contributed by atoms with Crippen LogP contribution in [0.2, 0.25) is 0 Å². The molecule has 6 nitrogen and oxygen atoms in total. The Hall–Kier alpha value is -1.69. The van der Waals surface area contributed by atoms with Crippen LogP contribution in [0.3, 0.4) is 0 Å². The van der Waals surface area contributed by atoms with Crippen molar-refractivity contribution in [2.45, 2.75) is 46.7 Å². The highest BCUT2D eigenvalue weighted by atomic mass is 16.5. The van der Waals surface area contributed by atoms with Crippen LogP contribution in [-0.2, 0) is 13.0 Å². The Balaban J connectivity index is 2.30. The summed E-state index contributed by atoms with van der Waals surface area (Å²) in [6, 6.07) is 0.325. The number of nitrogens with zero attached hydrogens (tertiary/aromatic N) is 4. The van der Waals surface area contributed by atoms with E-state index in [4.69, 9.17) is 4.52 Å². The molecule has 0 saturated carbocycles. The van der Waals surface area contributed by atoms with Crippen LogP contribution in [0.25, 0.3) is 11.5 Å². The van der Waals surface area contributed by atoms with Gasteiger partial charge < -0.3 is 9.84 Å². The van der Waals surface area contributed by atoms with E-state index in [1.54, 1.807) is 0 Å². The third kappa shape index (κ3) is 2.68. The molecule has 104 valence electrons. The Morgan fingerprint density at radius 3 is 2.68 bits per heavy atom. The van der Waals surface area contributed by atoms with Gasteiger partial charge in [0.05, 0.1) is 11.3 Å². The number of aromatic nitrogens is 4. The van der Waals surface area contributed by atoms with Crippen LogP contribution in [0.1, 0.15) is 31.1 Å². The second-order valence-electron chi connectivity index (χ2n) is 4.77. The molecule has 1 atom stereocenters. The van der Waals surface area contributed by atoms with Gasteiger partial charge in [0.15, 0.2) is 5.82 Å². The van der Waals surface area contributed by atoms with Crippen LogP contribution in [-0.4, -0.2) is 33.0 Å². The van der Waals surface area contributed by atoms with E-state index < -0.39 is 0 Å². The van der Waals surface area contributed by atoms with Gasteiger partial charge in [0.25, 0.3) is 5.89 Å². The molecule has 2 rings (SSSR count). The standard InChI is InChI=1S/C13H21N5O/c1-6-18-10(4)12(9(3)16-18)13-15-11(17-19-13)7-8(2)14-5/h8,14H,6-7H2,1-5H3. The van der Waals surface area contributed by atoms with Crippen molar-refractivity contribution in [3.05, 3.63) is 17.2 Å². The molecule has 0 fully saturated rings. The van der Waals surface area contributed by atoms with Crippen LogP contribution in [0.4, 0.5) is 0 Å². The summed E-state index contributed by atoms with van der Waals surface area (Å²) in [7, 11) is 1.92. The summed E-state index contributed by atoms with van der Waals surface area (Å²) >= 11 is 0. The molecule has 2 heterocycles. The maximum atomic E-state index is 5.37. The summed E-state index contributed by atoms with van der Waals surface area (Å²) in [6.45, 7) is 8.98. The minimum Gasteiger partial charge on any atom is -0.334 e. The molecule has 0 radical (unpaired) electrons. The largest absolute Gasteiger partial charge is 0.334 e. The van der Waals surface area contributed by atoms with Crippen molar-refractivity contribution < 1.29 is 4.52 Å². The molecule has 1 N–H and O–H groups in total. The molecule has 0 aliphatic rings. The molecule has 0 saturated heterocycles. The summed E-state index contributed by atoms with van der Waals surface area (Å²) in [4.78, 5) is 4.47. The van der Waals surface area contributed by atoms with Gasteiger partial charge >= 0.3 is 0 Å². The van der Waals surface area contributed by atoms with Crippen molar-refractivity contribution >= 4 is 0 Å². The fraction of sp³-hybridized carbons (Fsp3) is 0.615. The lowest BCUT2D eigenvalue weighted by Crippen LogP contribution is -2.24. The predicted octanol–water partition coefficient (Wildman–Crippen LogP) is 1.72. The SMILES string of the molecule is CCn1nc(C)c(-c2nc(CC(C)NC)no2)c1C. The lowest BCUT2D eigenvalue weighted by molar-refractivity contribution is 0.417. The summed E-state index contributed by atoms with van der Waals surface area (Å²) < 4.78 is 7.32. The summed E-state index contributed by atoms with van der Waals surface area (Å²) in [6.07, 6.45) is 0.750. The third-order valence-electron chi connectivity index (χ3n) is 3.34. The van der Waals surface area contributed by atoms with Crippen molar-refractivity contribution in [3.63, 3.8) is 0 Å². The molecule has 1 unspecified atom stereocenters. The van der Waals surface area contributed by atoms with E-state index in [1.807, 2.05) is 25.6 Å². The van der Waals surface area contributed by atoms with Crippen molar-refractivity contribution in [1.82, 2.24) is 25.2 Å². The van der Waals surface area contributed by atoms with Gasteiger partial charge in [0.2, 0.25) is 0 Å². The Labute approximate surface area is 113 Å². The van der Waals surface area contributed by atoms with Gasteiger partial charge in [-0.15, -0.1) is 0 Å². The van der Waals surface area contributed by atoms with Crippen molar-refractivity contribution in [1.29, 1.82) is 0 Å². The quantitative estimate of drug-likeness (QED) is 0.889. The van der Waals surface area contributed by atoms with Gasteiger partial charge in [-0.3, -0.25) is 4.68 Å². The van der Waals surface area contributed by atoms with Crippen molar-refractivity contribution in [2.75, 3.05) is 7.05 Å². The van der Waals surface area contributed by atoms with Crippen LogP contribution in [0.15, 0.2) is 4.52 Å². The second-order valence-corrected chi connectivity index (χ2v) is 4.77. The highest BCUT2D eigenvalue weighted by Gasteiger charge is 2.19. The van der Waals surface area contributed by atoms with E-state index >= 15 is 0 Å². The number of rotatable bonds is 5. The van der Waals surface area contributed by atoms with E-state index in [9.17, 15) is 0 Å². The molecule has 0 aliphatic heterocycles. The first-order valence-corrected chi connectivity index (χ1v) is 6.61. The molecule has 6 heteroatoms. The molecule has 2 aromatic rings. The van der Waals surface area contributed by atoms with Crippen molar-refractivity contribution in [2.24, 2.45) is 0 Å². The van der Waals surface area contributed by atoms with E-state index in [-0.39, 0.29) is 0 Å². The Kier molecular flexibility index (Phi) is 3.99. The number of hydrogen-bond donors (Lipinski definition) is 1. The maximum Gasteiger partial charge on any atom is 0.261 e. The zero-order valence-electron chi connectivity index (χ0n) is 12.2. The molecule has 19 heavy (non-hydrogen) atoms. The number of nitrogens with one attached hydrogen (secondary N) is 1. The van der Waals surface area contributed by atoms with Crippen LogP contribution in [0, 0.1) is 13.8 Å². The molecule has 0 aliphatic carbocycles. The molecule has 0 spiro atoms. The zero-order chi connectivity index (χ0) is 14.0. The summed E-state index contributed by atoms with van der Waals surface area (Å²) in [5.41, 5.74) is 2.95. The first-order valence-electron chi connectivity index (χ1n) is 6.61. The minimum absolute atomic E-state index is 0.325. The lowest BCUT2D eigenvalue weighted by atomic mass is 10.2. The first-order chi connectivity index (χ1) is 9.06. The fourth-order valence-electron chi connectivity index (χ4n) is 2.13. The number of aryl methyl sites for hydroxylation is 2. The Morgan fingerprint density at radius 2 is 2.11 bits per heavy atom. The van der Waals surface area contributed by atoms with Gasteiger partial charge in [-0.25, -0.2) is 0 Å². The lowest BCUT2D eigenvalue weighted by Gasteiger charge is -2.04. The molecule has 2 aromatic heterocycles. The predicted molar refractivity (Wildman–Crippen MR) is 72.9 cm³/mol. The number of likely N-dealkylation sites (N-methyl/N-ethyl adjacent to an activating group) is 1. The number of hydrogen-bond acceptors (Lipinski definition) is 5. The average molecular weight is 263 g/mol. The molecule has 0 amide bonds. The fourth-order valence-corrected chi connectivity index (χ4v) is 2.13. The van der Waals surface area contributed by atoms with Crippen LogP contribution >= 0.6 is 0 Å². The molecule has 0 bridgehead atoms. The maximum absolute atomic E-state index is 5.37. The minimum atomic E-state index is 0.325. The van der Waals surface area contributed by atoms with Crippen molar-refractivity contribution in [3.8, 4) is 11.5 Å². The highest BCUT2D eigenvalue weighted by Crippen LogP contribution is 2.25. The van der Waals surface area contributed by atoms with Gasteiger partial charge in [-0.1, -0.05) is 5.16 Å². The average Bonchev–Trinajstić information content (AvgIpc) is 2.94. The smallest absolute Gasteiger partial charge is 0.261 e. The van der Waals surface area contributed by atoms with E-state index in [0.29, 0.717) is 11.9 Å². The molecule has 0 aromatic carbocycles. The summed E-state index contributed by atoms with van der Waals surface area (Å²) in [5.74, 6) is 1.29. The van der Waals surface area contributed by atoms with Gasteiger partial charge in [0, 0.05) is 24.7 Å². The van der Waals surface area contributed by atoms with Crippen LogP contribution < -0.4 is 5.32 Å². The molecular formula is C13H21N5O. The topological polar surface area (TPSA) is 68.8 Å². The van der Waals surface area contributed by atoms with Gasteiger partial charge in [0.1, 0.15) is 0 Å². The normalized spacial score (nSPS) is 12.9. The molecular weight excluding hydrogens is 242 g/mol. The monoisotopic (exact) mass is 263 g/mol. The Morgan fingerprint density at radius 1 is 1.37 bits per heavy atom. The highest BCUT2D eigenvalue weighted by molar-refractivity contribution is 5.59. The third-order valence-corrected chi connectivity index (χ3v) is 3.34. The first kappa shape index (κ1) is 13.7.